The smallest absolute Gasteiger partial charge is 0.235 e. The molecular weight excluding hydrogens is 296 g/mol. The summed E-state index contributed by atoms with van der Waals surface area (Å²) in [5.74, 6) is 1.62. The minimum atomic E-state index is 0.0447. The summed E-state index contributed by atoms with van der Waals surface area (Å²) in [4.78, 5) is 16.5. The number of carbonyl (C=O) groups is 1. The van der Waals surface area contributed by atoms with Gasteiger partial charge in [0, 0.05) is 26.2 Å². The molecule has 1 aromatic carbocycles. The van der Waals surface area contributed by atoms with Crippen molar-refractivity contribution in [3.8, 4) is 5.75 Å². The van der Waals surface area contributed by atoms with Crippen molar-refractivity contribution in [1.82, 2.24) is 4.90 Å². The molecule has 2 rings (SSSR count). The Labute approximate surface area is 137 Å². The van der Waals surface area contributed by atoms with Crippen LogP contribution < -0.4 is 4.90 Å². The highest BCUT2D eigenvalue weighted by molar-refractivity contribution is 8.00. The molecule has 0 radical (unpaired) electrons. The van der Waals surface area contributed by atoms with Crippen molar-refractivity contribution in [2.24, 2.45) is 0 Å². The number of unbranched alkanes of at least 4 members (excludes halogenated alkanes) is 1. The number of anilines is 1. The lowest BCUT2D eigenvalue weighted by Gasteiger charge is -2.37. The highest BCUT2D eigenvalue weighted by Gasteiger charge is 2.25. The van der Waals surface area contributed by atoms with E-state index in [4.69, 9.17) is 0 Å². The first-order chi connectivity index (χ1) is 10.6. The number of piperazine rings is 1. The van der Waals surface area contributed by atoms with E-state index in [2.05, 4.69) is 11.8 Å². The number of thioether (sulfide) groups is 1. The highest BCUT2D eigenvalue weighted by Crippen LogP contribution is 2.27. The number of aromatic hydroxyl groups is 1. The number of para-hydroxylation sites is 2. The average molecular weight is 322 g/mol. The molecule has 5 heteroatoms. The van der Waals surface area contributed by atoms with E-state index in [1.165, 1.54) is 12.8 Å². The standard InChI is InChI=1S/C17H26N2O2S/c1-3-4-13-22-14(2)17(21)19-11-9-18(10-12-19)15-7-5-6-8-16(15)20/h5-8,14,20H,3-4,9-13H2,1-2H3. The van der Waals surface area contributed by atoms with Crippen molar-refractivity contribution in [3.63, 3.8) is 0 Å². The van der Waals surface area contributed by atoms with Crippen molar-refractivity contribution in [2.75, 3.05) is 36.8 Å². The summed E-state index contributed by atoms with van der Waals surface area (Å²) >= 11 is 1.76. The molecule has 0 aliphatic carbocycles. The van der Waals surface area contributed by atoms with Crippen LogP contribution in [0, 0.1) is 0 Å². The first-order valence-electron chi connectivity index (χ1n) is 8.06. The zero-order valence-electron chi connectivity index (χ0n) is 13.5. The molecule has 1 atom stereocenters. The number of phenolic OH excluding ortho intramolecular Hbond substituents is 1. The largest absolute Gasteiger partial charge is 0.506 e. The van der Waals surface area contributed by atoms with Crippen LogP contribution in [0.25, 0.3) is 0 Å². The van der Waals surface area contributed by atoms with E-state index in [9.17, 15) is 9.90 Å². The Balaban J connectivity index is 1.84. The predicted molar refractivity (Wildman–Crippen MR) is 93.7 cm³/mol. The van der Waals surface area contributed by atoms with Crippen molar-refractivity contribution in [1.29, 1.82) is 0 Å². The van der Waals surface area contributed by atoms with Gasteiger partial charge in [0.1, 0.15) is 5.75 Å². The van der Waals surface area contributed by atoms with Crippen molar-refractivity contribution in [2.45, 2.75) is 31.9 Å². The number of nitrogens with zero attached hydrogens (tertiary/aromatic N) is 2. The molecule has 1 heterocycles. The lowest BCUT2D eigenvalue weighted by molar-refractivity contribution is -0.130. The normalized spacial score (nSPS) is 16.6. The van der Waals surface area contributed by atoms with Gasteiger partial charge in [0.25, 0.3) is 0 Å². The Bertz CT molecular complexity index is 487. The van der Waals surface area contributed by atoms with Crippen LogP contribution in [-0.4, -0.2) is 53.1 Å². The molecule has 4 nitrogen and oxygen atoms in total. The van der Waals surface area contributed by atoms with Crippen LogP contribution in [0.3, 0.4) is 0 Å². The second-order valence-electron chi connectivity index (χ2n) is 5.67. The van der Waals surface area contributed by atoms with E-state index in [0.29, 0.717) is 5.75 Å². The number of hydrogen-bond acceptors (Lipinski definition) is 4. The van der Waals surface area contributed by atoms with E-state index in [0.717, 1.165) is 37.6 Å². The van der Waals surface area contributed by atoms with Gasteiger partial charge in [-0.05, 0) is 31.2 Å². The van der Waals surface area contributed by atoms with Gasteiger partial charge in [-0.3, -0.25) is 4.79 Å². The molecule has 1 amide bonds. The fourth-order valence-corrected chi connectivity index (χ4v) is 3.73. The van der Waals surface area contributed by atoms with Crippen LogP contribution in [0.2, 0.25) is 0 Å². The summed E-state index contributed by atoms with van der Waals surface area (Å²) in [6.07, 6.45) is 2.34. The van der Waals surface area contributed by atoms with Gasteiger partial charge >= 0.3 is 0 Å². The van der Waals surface area contributed by atoms with Gasteiger partial charge < -0.3 is 14.9 Å². The average Bonchev–Trinajstić information content (AvgIpc) is 2.55. The highest BCUT2D eigenvalue weighted by atomic mass is 32.2. The molecule has 1 aliphatic rings. The molecule has 0 bridgehead atoms. The first-order valence-corrected chi connectivity index (χ1v) is 9.11. The topological polar surface area (TPSA) is 43.8 Å². The van der Waals surface area contributed by atoms with Gasteiger partial charge in [-0.15, -0.1) is 11.8 Å². The quantitative estimate of drug-likeness (QED) is 0.818. The number of hydrogen-bond donors (Lipinski definition) is 1. The molecule has 0 saturated carbocycles. The van der Waals surface area contributed by atoms with Gasteiger partial charge in [-0.2, -0.15) is 0 Å². The fourth-order valence-electron chi connectivity index (χ4n) is 2.63. The number of carbonyl (C=O) groups excluding carboxylic acids is 1. The van der Waals surface area contributed by atoms with Crippen LogP contribution >= 0.6 is 11.8 Å². The molecule has 1 N–H and O–H groups in total. The summed E-state index contributed by atoms with van der Waals surface area (Å²) in [5, 5.41) is 9.97. The fraction of sp³-hybridized carbons (Fsp3) is 0.588. The maximum atomic E-state index is 12.4. The maximum absolute atomic E-state index is 12.4. The SMILES string of the molecule is CCCCSC(C)C(=O)N1CCN(c2ccccc2O)CC1. The van der Waals surface area contributed by atoms with Gasteiger partial charge in [0.2, 0.25) is 5.91 Å². The molecule has 1 fully saturated rings. The Morgan fingerprint density at radius 1 is 1.27 bits per heavy atom. The zero-order valence-corrected chi connectivity index (χ0v) is 14.3. The van der Waals surface area contributed by atoms with Crippen LogP contribution in [0.1, 0.15) is 26.7 Å². The second kappa shape index (κ2) is 8.32. The predicted octanol–water partition coefficient (Wildman–Crippen LogP) is 2.96. The monoisotopic (exact) mass is 322 g/mol. The molecule has 0 aromatic heterocycles. The van der Waals surface area contributed by atoms with Crippen molar-refractivity contribution >= 4 is 23.4 Å². The van der Waals surface area contributed by atoms with Crippen molar-refractivity contribution in [3.05, 3.63) is 24.3 Å². The van der Waals surface area contributed by atoms with E-state index in [1.807, 2.05) is 30.0 Å². The van der Waals surface area contributed by atoms with Gasteiger partial charge in [-0.1, -0.05) is 25.5 Å². The van der Waals surface area contributed by atoms with E-state index >= 15 is 0 Å². The molecule has 1 aliphatic heterocycles. The Morgan fingerprint density at radius 3 is 2.59 bits per heavy atom. The molecule has 22 heavy (non-hydrogen) atoms. The Kier molecular flexibility index (Phi) is 6.43. The van der Waals surface area contributed by atoms with Crippen LogP contribution in [-0.2, 0) is 4.79 Å². The van der Waals surface area contributed by atoms with Gasteiger partial charge in [0.15, 0.2) is 0 Å². The summed E-state index contributed by atoms with van der Waals surface area (Å²) in [6.45, 7) is 7.19. The zero-order chi connectivity index (χ0) is 15.9. The summed E-state index contributed by atoms with van der Waals surface area (Å²) in [5.41, 5.74) is 0.861. The van der Waals surface area contributed by atoms with Crippen LogP contribution in [0.4, 0.5) is 5.69 Å². The lowest BCUT2D eigenvalue weighted by atomic mass is 10.2. The van der Waals surface area contributed by atoms with Gasteiger partial charge in [0.05, 0.1) is 10.9 Å². The third-order valence-corrected chi connectivity index (χ3v) is 5.25. The first kappa shape index (κ1) is 17.0. The van der Waals surface area contributed by atoms with Gasteiger partial charge in [-0.25, -0.2) is 0 Å². The molecular formula is C17H26N2O2S. The number of amides is 1. The number of benzene rings is 1. The van der Waals surface area contributed by atoms with E-state index in [-0.39, 0.29) is 11.2 Å². The molecule has 1 unspecified atom stereocenters. The third kappa shape index (κ3) is 4.32. The molecule has 122 valence electrons. The molecule has 1 saturated heterocycles. The van der Waals surface area contributed by atoms with E-state index < -0.39 is 0 Å². The van der Waals surface area contributed by atoms with Crippen molar-refractivity contribution < 1.29 is 9.90 Å². The number of phenols is 1. The lowest BCUT2D eigenvalue weighted by Crippen LogP contribution is -2.50. The summed E-state index contributed by atoms with van der Waals surface area (Å²) in [7, 11) is 0. The minimum Gasteiger partial charge on any atom is -0.506 e. The third-order valence-electron chi connectivity index (χ3n) is 4.03. The number of rotatable bonds is 6. The molecule has 0 spiro atoms. The van der Waals surface area contributed by atoms with Crippen LogP contribution in [0.5, 0.6) is 5.75 Å². The minimum absolute atomic E-state index is 0.0447. The summed E-state index contributed by atoms with van der Waals surface area (Å²) in [6, 6.07) is 7.39. The maximum Gasteiger partial charge on any atom is 0.235 e. The second-order valence-corrected chi connectivity index (χ2v) is 7.12. The Hall–Kier alpha value is -1.36. The summed E-state index contributed by atoms with van der Waals surface area (Å²) < 4.78 is 0. The molecule has 1 aromatic rings. The van der Waals surface area contributed by atoms with Crippen LogP contribution in [0.15, 0.2) is 24.3 Å². The van der Waals surface area contributed by atoms with E-state index in [1.54, 1.807) is 17.8 Å². The Morgan fingerprint density at radius 2 is 1.95 bits per heavy atom.